The highest BCUT2D eigenvalue weighted by atomic mass is 32.1. The third kappa shape index (κ3) is 5.79. The van der Waals surface area contributed by atoms with Crippen LogP contribution in [-0.4, -0.2) is 56.9 Å². The van der Waals surface area contributed by atoms with E-state index >= 15 is 0 Å². The highest BCUT2D eigenvalue weighted by molar-refractivity contribution is 7.12. The number of hydrogen-bond acceptors (Lipinski definition) is 7. The summed E-state index contributed by atoms with van der Waals surface area (Å²) in [4.78, 5) is 25.7. The molecule has 1 saturated heterocycles. The Labute approximate surface area is 231 Å². The lowest BCUT2D eigenvalue weighted by Crippen LogP contribution is -2.42. The maximum atomic E-state index is 13.4. The smallest absolute Gasteiger partial charge is 0.220 e. The van der Waals surface area contributed by atoms with Gasteiger partial charge in [-0.05, 0) is 61.1 Å². The molecule has 0 aliphatic carbocycles. The first-order chi connectivity index (χ1) is 18.9. The molecule has 10 heteroatoms. The molecule has 1 fully saturated rings. The molecule has 1 aromatic carbocycles. The van der Waals surface area contributed by atoms with E-state index in [4.69, 9.17) is 9.97 Å². The normalized spacial score (nSPS) is 14.4. The van der Waals surface area contributed by atoms with Crippen LogP contribution in [0.2, 0.25) is 0 Å². The van der Waals surface area contributed by atoms with Crippen LogP contribution in [0.5, 0.6) is 0 Å². The minimum absolute atomic E-state index is 0.0858. The van der Waals surface area contributed by atoms with E-state index in [-0.39, 0.29) is 11.7 Å². The largest absolute Gasteiger partial charge is 0.363 e. The molecular weight excluding hydrogens is 513 g/mol. The minimum Gasteiger partial charge on any atom is -0.363 e. The quantitative estimate of drug-likeness (QED) is 0.325. The molecule has 0 atom stereocenters. The van der Waals surface area contributed by atoms with Crippen molar-refractivity contribution in [1.29, 1.82) is 5.26 Å². The highest BCUT2D eigenvalue weighted by Crippen LogP contribution is 2.31. The van der Waals surface area contributed by atoms with E-state index < -0.39 is 0 Å². The van der Waals surface area contributed by atoms with E-state index in [0.717, 1.165) is 60.1 Å². The van der Waals surface area contributed by atoms with Crippen molar-refractivity contribution in [1.82, 2.24) is 24.2 Å². The van der Waals surface area contributed by atoms with Crippen LogP contribution in [0, 0.1) is 17.1 Å². The van der Waals surface area contributed by atoms with E-state index in [0.29, 0.717) is 29.7 Å². The number of amides is 1. The van der Waals surface area contributed by atoms with Gasteiger partial charge in [0, 0.05) is 38.8 Å². The Morgan fingerprint density at radius 1 is 1.21 bits per heavy atom. The number of nitriles is 1. The number of likely N-dealkylation sites (tertiary alicyclic amines) is 1. The summed E-state index contributed by atoms with van der Waals surface area (Å²) in [5.41, 5.74) is 4.46. The first kappa shape index (κ1) is 26.8. The number of aromatic nitrogens is 3. The zero-order valence-corrected chi connectivity index (χ0v) is 23.3. The van der Waals surface area contributed by atoms with Crippen LogP contribution in [0.3, 0.4) is 0 Å². The summed E-state index contributed by atoms with van der Waals surface area (Å²) in [5, 5.41) is 14.0. The van der Waals surface area contributed by atoms with Crippen LogP contribution in [-0.2, 0) is 17.8 Å². The topological polar surface area (TPSA) is 89.6 Å². The van der Waals surface area contributed by atoms with Gasteiger partial charge in [-0.15, -0.1) is 11.3 Å². The molecule has 202 valence electrons. The maximum absolute atomic E-state index is 13.4. The second kappa shape index (κ2) is 11.5. The molecule has 39 heavy (non-hydrogen) atoms. The molecule has 1 N–H and O–H groups in total. The molecule has 4 heterocycles. The van der Waals surface area contributed by atoms with E-state index in [1.807, 2.05) is 7.05 Å². The van der Waals surface area contributed by atoms with Gasteiger partial charge in [0.25, 0.3) is 0 Å². The Morgan fingerprint density at radius 2 is 1.95 bits per heavy atom. The van der Waals surface area contributed by atoms with Gasteiger partial charge in [0.05, 0.1) is 24.6 Å². The fraction of sp³-hybridized carbons (Fsp3) is 0.379. The van der Waals surface area contributed by atoms with Gasteiger partial charge >= 0.3 is 0 Å². The second-order valence-electron chi connectivity index (χ2n) is 9.96. The summed E-state index contributed by atoms with van der Waals surface area (Å²) in [5.74, 6) is 1.15. The fourth-order valence-corrected chi connectivity index (χ4v) is 5.89. The lowest BCUT2D eigenvalue weighted by molar-refractivity contribution is -0.129. The van der Waals surface area contributed by atoms with Crippen molar-refractivity contribution < 1.29 is 9.18 Å². The molecule has 8 nitrogen and oxygen atoms in total. The lowest BCUT2D eigenvalue weighted by atomic mass is 9.90. The molecule has 0 saturated carbocycles. The molecule has 1 aliphatic heterocycles. The number of aryl methyl sites for hydroxylation is 1. The SMILES string of the molecule is CCc1nc2ccc(C3CCN(CN(C)C(C)=O)CC3)cn2c1NCc1nc(-c2ccc(F)cc2)c(C#N)s1. The number of rotatable bonds is 8. The van der Waals surface area contributed by atoms with Crippen molar-refractivity contribution in [3.8, 4) is 17.3 Å². The van der Waals surface area contributed by atoms with Gasteiger partial charge in [-0.3, -0.25) is 14.1 Å². The number of halogens is 1. The van der Waals surface area contributed by atoms with Crippen molar-refractivity contribution in [2.75, 3.05) is 32.1 Å². The van der Waals surface area contributed by atoms with Crippen LogP contribution < -0.4 is 5.32 Å². The van der Waals surface area contributed by atoms with E-state index in [2.05, 4.69) is 45.9 Å². The summed E-state index contributed by atoms with van der Waals surface area (Å²) in [6.07, 6.45) is 5.05. The number of hydrogen-bond donors (Lipinski definition) is 1. The number of thiazole rings is 1. The van der Waals surface area contributed by atoms with Gasteiger partial charge in [0.1, 0.15) is 33.2 Å². The number of nitrogens with zero attached hydrogens (tertiary/aromatic N) is 6. The van der Waals surface area contributed by atoms with Crippen molar-refractivity contribution in [3.05, 3.63) is 69.6 Å². The third-order valence-corrected chi connectivity index (χ3v) is 8.31. The third-order valence-electron chi connectivity index (χ3n) is 7.35. The number of carbonyl (C=O) groups is 1. The zero-order valence-electron chi connectivity index (χ0n) is 22.4. The summed E-state index contributed by atoms with van der Waals surface area (Å²) in [7, 11) is 1.84. The summed E-state index contributed by atoms with van der Waals surface area (Å²) in [6.45, 7) is 6.72. The molecule has 0 radical (unpaired) electrons. The average Bonchev–Trinajstić information content (AvgIpc) is 3.53. The second-order valence-corrected chi connectivity index (χ2v) is 11.0. The predicted octanol–water partition coefficient (Wildman–Crippen LogP) is 5.26. The molecule has 1 amide bonds. The number of nitrogens with one attached hydrogen (secondary N) is 1. The first-order valence-corrected chi connectivity index (χ1v) is 14.0. The number of anilines is 1. The fourth-order valence-electron chi connectivity index (χ4n) is 5.07. The Bertz CT molecular complexity index is 1510. The van der Waals surface area contributed by atoms with Gasteiger partial charge in [-0.25, -0.2) is 14.4 Å². The minimum atomic E-state index is -0.320. The van der Waals surface area contributed by atoms with E-state index in [1.165, 1.54) is 29.0 Å². The van der Waals surface area contributed by atoms with Crippen LogP contribution in [0.1, 0.15) is 53.7 Å². The Morgan fingerprint density at radius 3 is 2.62 bits per heavy atom. The molecule has 0 unspecified atom stereocenters. The Hall–Kier alpha value is -3.81. The molecule has 5 rings (SSSR count). The number of fused-ring (bicyclic) bond motifs is 1. The van der Waals surface area contributed by atoms with Crippen LogP contribution >= 0.6 is 11.3 Å². The van der Waals surface area contributed by atoms with Crippen LogP contribution in [0.4, 0.5) is 10.2 Å². The van der Waals surface area contributed by atoms with Gasteiger partial charge in [0.15, 0.2) is 0 Å². The van der Waals surface area contributed by atoms with Gasteiger partial charge < -0.3 is 10.2 Å². The standard InChI is InChI=1S/C29H32FN7OS/c1-4-24-29(32-16-27-34-28(25(15-31)39-27)21-5-8-23(30)9-6-21)37-17-22(7-10-26(37)33-24)20-11-13-36(14-12-20)18-35(3)19(2)38/h5-10,17,20,32H,4,11-14,16,18H2,1-3H3. The van der Waals surface area contributed by atoms with Gasteiger partial charge in [0.2, 0.25) is 5.91 Å². The van der Waals surface area contributed by atoms with Crippen molar-refractivity contribution in [3.63, 3.8) is 0 Å². The molecule has 3 aromatic heterocycles. The molecule has 0 bridgehead atoms. The summed E-state index contributed by atoms with van der Waals surface area (Å²) < 4.78 is 15.5. The number of pyridine rings is 1. The summed E-state index contributed by atoms with van der Waals surface area (Å²) >= 11 is 1.34. The highest BCUT2D eigenvalue weighted by Gasteiger charge is 2.23. The molecule has 4 aromatic rings. The van der Waals surface area contributed by atoms with E-state index in [1.54, 1.807) is 24.0 Å². The number of piperidine rings is 1. The van der Waals surface area contributed by atoms with Crippen molar-refractivity contribution >= 4 is 28.7 Å². The Kier molecular flexibility index (Phi) is 7.91. The molecular formula is C29H32FN7OS. The van der Waals surface area contributed by atoms with Crippen LogP contribution in [0.15, 0.2) is 42.6 Å². The van der Waals surface area contributed by atoms with E-state index in [9.17, 15) is 14.4 Å². The Balaban J connectivity index is 1.33. The van der Waals surface area contributed by atoms with Gasteiger partial charge in [-0.2, -0.15) is 5.26 Å². The maximum Gasteiger partial charge on any atom is 0.220 e. The van der Waals surface area contributed by atoms with Crippen molar-refractivity contribution in [2.45, 2.75) is 45.6 Å². The average molecular weight is 546 g/mol. The molecule has 0 spiro atoms. The van der Waals surface area contributed by atoms with Gasteiger partial charge in [-0.1, -0.05) is 13.0 Å². The molecule has 1 aliphatic rings. The summed E-state index contributed by atoms with van der Waals surface area (Å²) in [6, 6.07) is 12.6. The number of benzene rings is 1. The zero-order chi connectivity index (χ0) is 27.5. The predicted molar refractivity (Wildman–Crippen MR) is 151 cm³/mol. The monoisotopic (exact) mass is 545 g/mol. The van der Waals surface area contributed by atoms with Crippen LogP contribution in [0.25, 0.3) is 16.9 Å². The lowest BCUT2D eigenvalue weighted by Gasteiger charge is -2.34. The van der Waals surface area contributed by atoms with Crippen molar-refractivity contribution in [2.24, 2.45) is 0 Å². The first-order valence-electron chi connectivity index (χ1n) is 13.2. The number of carbonyl (C=O) groups excluding carboxylic acids is 1. The number of imidazole rings is 1.